The average molecular weight is 495 g/mol. The second kappa shape index (κ2) is 10.3. The summed E-state index contributed by atoms with van der Waals surface area (Å²) in [6, 6.07) is 4.00. The van der Waals surface area contributed by atoms with Gasteiger partial charge in [-0.2, -0.15) is 5.10 Å². The third-order valence-electron chi connectivity index (χ3n) is 7.45. The van der Waals surface area contributed by atoms with Gasteiger partial charge in [0.05, 0.1) is 5.69 Å². The van der Waals surface area contributed by atoms with Crippen molar-refractivity contribution in [2.24, 2.45) is 5.92 Å². The number of aromatic nitrogens is 3. The zero-order chi connectivity index (χ0) is 25.3. The molecule has 2 aliphatic rings. The molecule has 0 radical (unpaired) electrons. The Morgan fingerprint density at radius 3 is 2.57 bits per heavy atom. The number of pyridine rings is 1. The van der Waals surface area contributed by atoms with Crippen LogP contribution < -0.4 is 10.5 Å². The van der Waals surface area contributed by atoms with E-state index in [-0.39, 0.29) is 11.9 Å². The van der Waals surface area contributed by atoms with Crippen LogP contribution in [0.1, 0.15) is 64.1 Å². The van der Waals surface area contributed by atoms with Gasteiger partial charge < -0.3 is 15.4 Å². The van der Waals surface area contributed by atoms with Gasteiger partial charge in [-0.3, -0.25) is 9.58 Å². The predicted octanol–water partition coefficient (Wildman–Crippen LogP) is 4.92. The largest absolute Gasteiger partial charge is 0.573 e. The van der Waals surface area contributed by atoms with Crippen LogP contribution in [-0.4, -0.2) is 70.2 Å². The molecule has 0 aromatic carbocycles. The van der Waals surface area contributed by atoms with Gasteiger partial charge in [-0.25, -0.2) is 4.98 Å². The number of likely N-dealkylation sites (N-methyl/N-ethyl adjacent to an activating group) is 1. The van der Waals surface area contributed by atoms with Crippen molar-refractivity contribution >= 4 is 5.82 Å². The number of rotatable bonds is 5. The molecular formula is C25H37F3N6O. The summed E-state index contributed by atoms with van der Waals surface area (Å²) in [4.78, 5) is 9.00. The third kappa shape index (κ3) is 6.09. The van der Waals surface area contributed by atoms with Gasteiger partial charge in [0.15, 0.2) is 11.6 Å². The molecule has 1 saturated heterocycles. The van der Waals surface area contributed by atoms with Gasteiger partial charge in [0.25, 0.3) is 0 Å². The van der Waals surface area contributed by atoms with Crippen molar-refractivity contribution in [1.82, 2.24) is 24.6 Å². The zero-order valence-corrected chi connectivity index (χ0v) is 21.1. The molecule has 0 unspecified atom stereocenters. The first-order chi connectivity index (χ1) is 16.5. The lowest BCUT2D eigenvalue weighted by Gasteiger charge is -2.40. The lowest BCUT2D eigenvalue weighted by atomic mass is 9.75. The third-order valence-corrected chi connectivity index (χ3v) is 7.45. The smallest absolute Gasteiger partial charge is 0.402 e. The Hall–Kier alpha value is -2.33. The Balaban J connectivity index is 1.55. The van der Waals surface area contributed by atoms with Crippen LogP contribution in [0.2, 0.25) is 0 Å². The first-order valence-corrected chi connectivity index (χ1v) is 12.6. The Kier molecular flexibility index (Phi) is 7.61. The van der Waals surface area contributed by atoms with Gasteiger partial charge >= 0.3 is 6.36 Å². The number of hydrogen-bond acceptors (Lipinski definition) is 6. The first kappa shape index (κ1) is 25.8. The first-order valence-electron chi connectivity index (χ1n) is 12.6. The molecule has 35 heavy (non-hydrogen) atoms. The summed E-state index contributed by atoms with van der Waals surface area (Å²) in [6.45, 7) is 11.0. The summed E-state index contributed by atoms with van der Waals surface area (Å²) in [7, 11) is 2.20. The van der Waals surface area contributed by atoms with E-state index in [0.717, 1.165) is 51.1 Å². The number of hydrogen-bond donors (Lipinski definition) is 1. The van der Waals surface area contributed by atoms with Gasteiger partial charge in [-0.1, -0.05) is 6.92 Å². The fraction of sp³-hybridized carbons (Fsp3) is 0.680. The van der Waals surface area contributed by atoms with Crippen LogP contribution in [0.3, 0.4) is 0 Å². The maximum atomic E-state index is 12.8. The minimum Gasteiger partial charge on any atom is -0.402 e. The molecule has 2 fully saturated rings. The molecule has 1 saturated carbocycles. The molecule has 2 N–H and O–H groups in total. The Morgan fingerprint density at radius 2 is 1.89 bits per heavy atom. The SMILES string of the molecule is CC(C)n1nc(-c2cnc(N)c(OC(F)(F)F)c2)cc1[C@@H]1CC[C@H](N2CCCN(C)CC2)C[C@@H]1C. The summed E-state index contributed by atoms with van der Waals surface area (Å²) in [5.41, 5.74) is 7.78. The second-order valence-electron chi connectivity index (χ2n) is 10.4. The zero-order valence-electron chi connectivity index (χ0n) is 21.1. The van der Waals surface area contributed by atoms with E-state index in [4.69, 9.17) is 10.8 Å². The molecule has 1 aliphatic carbocycles. The standard InChI is InChI=1S/C25H37F3N6O/c1-16(2)34-22(14-21(31-34)18-13-23(24(29)30-15-18)35-25(26,27)28)20-7-6-19(12-17(20)3)33-9-5-8-32(4)10-11-33/h13-17,19-20H,5-12H2,1-4H3,(H2,29,30)/t17-,19-,20+/m0/s1. The summed E-state index contributed by atoms with van der Waals surface area (Å²) in [5.74, 6) is 0.0106. The number of ether oxygens (including phenoxy) is 1. The number of anilines is 1. The summed E-state index contributed by atoms with van der Waals surface area (Å²) < 4.78 is 44.5. The maximum Gasteiger partial charge on any atom is 0.573 e. The molecule has 3 atom stereocenters. The van der Waals surface area contributed by atoms with Crippen molar-refractivity contribution in [2.45, 2.75) is 70.8 Å². The average Bonchev–Trinajstić information content (AvgIpc) is 3.10. The molecule has 0 spiro atoms. The van der Waals surface area contributed by atoms with Crippen LogP contribution >= 0.6 is 0 Å². The van der Waals surface area contributed by atoms with Gasteiger partial charge in [0.1, 0.15) is 0 Å². The van der Waals surface area contributed by atoms with Crippen LogP contribution in [0.15, 0.2) is 18.3 Å². The molecule has 3 heterocycles. The molecule has 0 amide bonds. The van der Waals surface area contributed by atoms with Crippen molar-refractivity contribution in [3.05, 3.63) is 24.0 Å². The van der Waals surface area contributed by atoms with Crippen LogP contribution in [0.25, 0.3) is 11.3 Å². The Labute approximate surface area is 205 Å². The van der Waals surface area contributed by atoms with Crippen molar-refractivity contribution in [2.75, 3.05) is 39.0 Å². The molecule has 194 valence electrons. The van der Waals surface area contributed by atoms with E-state index in [1.54, 1.807) is 0 Å². The number of nitrogens with zero attached hydrogens (tertiary/aromatic N) is 5. The monoisotopic (exact) mass is 494 g/mol. The second-order valence-corrected chi connectivity index (χ2v) is 10.4. The van der Waals surface area contributed by atoms with Crippen molar-refractivity contribution in [3.63, 3.8) is 0 Å². The molecule has 4 rings (SSSR count). The summed E-state index contributed by atoms with van der Waals surface area (Å²) >= 11 is 0. The molecular weight excluding hydrogens is 457 g/mol. The highest BCUT2D eigenvalue weighted by molar-refractivity contribution is 5.64. The molecule has 1 aliphatic heterocycles. The molecule has 2 aromatic heterocycles. The highest BCUT2D eigenvalue weighted by atomic mass is 19.4. The van der Waals surface area contributed by atoms with E-state index in [2.05, 4.69) is 47.3 Å². The predicted molar refractivity (Wildman–Crippen MR) is 130 cm³/mol. The minimum atomic E-state index is -4.84. The Morgan fingerprint density at radius 1 is 1.11 bits per heavy atom. The number of nitrogens with two attached hydrogens (primary N) is 1. The highest BCUT2D eigenvalue weighted by Gasteiger charge is 2.35. The Bertz CT molecular complexity index is 1010. The maximum absolute atomic E-state index is 12.8. The number of alkyl halides is 3. The number of nitrogen functional groups attached to an aromatic ring is 1. The molecule has 2 aromatic rings. The molecule has 7 nitrogen and oxygen atoms in total. The highest BCUT2D eigenvalue weighted by Crippen LogP contribution is 2.41. The minimum absolute atomic E-state index is 0.123. The van der Waals surface area contributed by atoms with Crippen LogP contribution in [0.5, 0.6) is 5.75 Å². The van der Waals surface area contributed by atoms with Crippen molar-refractivity contribution in [3.8, 4) is 17.0 Å². The van der Waals surface area contributed by atoms with Crippen LogP contribution in [0.4, 0.5) is 19.0 Å². The van der Waals surface area contributed by atoms with Crippen LogP contribution in [0, 0.1) is 5.92 Å². The lowest BCUT2D eigenvalue weighted by Crippen LogP contribution is -2.42. The van der Waals surface area contributed by atoms with Gasteiger partial charge in [0.2, 0.25) is 0 Å². The quantitative estimate of drug-likeness (QED) is 0.636. The van der Waals surface area contributed by atoms with E-state index in [0.29, 0.717) is 29.1 Å². The molecule has 10 heteroatoms. The van der Waals surface area contributed by atoms with Crippen molar-refractivity contribution < 1.29 is 17.9 Å². The number of halogens is 3. The summed E-state index contributed by atoms with van der Waals surface area (Å²) in [5, 5.41) is 4.77. The van der Waals surface area contributed by atoms with Crippen molar-refractivity contribution in [1.29, 1.82) is 0 Å². The van der Waals surface area contributed by atoms with E-state index in [1.807, 2.05) is 10.7 Å². The topological polar surface area (TPSA) is 72.4 Å². The van der Waals surface area contributed by atoms with E-state index < -0.39 is 12.1 Å². The van der Waals surface area contributed by atoms with Gasteiger partial charge in [-0.15, -0.1) is 13.2 Å². The fourth-order valence-corrected chi connectivity index (χ4v) is 5.61. The van der Waals surface area contributed by atoms with E-state index >= 15 is 0 Å². The molecule has 0 bridgehead atoms. The van der Waals surface area contributed by atoms with E-state index in [1.165, 1.54) is 18.7 Å². The van der Waals surface area contributed by atoms with Gasteiger partial charge in [0, 0.05) is 48.5 Å². The normalized spacial score (nSPS) is 25.1. The van der Waals surface area contributed by atoms with Crippen LogP contribution in [-0.2, 0) is 0 Å². The lowest BCUT2D eigenvalue weighted by molar-refractivity contribution is -0.274. The summed E-state index contributed by atoms with van der Waals surface area (Å²) in [6.07, 6.45) is 1.17. The fourth-order valence-electron chi connectivity index (χ4n) is 5.61. The van der Waals surface area contributed by atoms with E-state index in [9.17, 15) is 13.2 Å². The van der Waals surface area contributed by atoms with Gasteiger partial charge in [-0.05, 0) is 77.7 Å².